The number of nitrogens with zero attached hydrogens (tertiary/aromatic N) is 1. The van der Waals surface area contributed by atoms with Crippen LogP contribution in [0.4, 0.5) is 0 Å². The Kier molecular flexibility index (Phi) is 6.22. The lowest BCUT2D eigenvalue weighted by molar-refractivity contribution is 0.0441. The summed E-state index contributed by atoms with van der Waals surface area (Å²) in [6.07, 6.45) is 4.25. The molecule has 1 saturated carbocycles. The standard InChI is InChI=1S/C12H25NO2/c1-3-13(8-9-15-4-2)11-6-5-7-12(14)10-11/h11-12,14H,3-10H2,1-2H3. The molecule has 0 radical (unpaired) electrons. The minimum atomic E-state index is -0.0788. The number of aliphatic hydroxyl groups is 1. The topological polar surface area (TPSA) is 32.7 Å². The van der Waals surface area contributed by atoms with Gasteiger partial charge in [0.2, 0.25) is 0 Å². The molecule has 0 bridgehead atoms. The highest BCUT2D eigenvalue weighted by molar-refractivity contribution is 4.79. The molecule has 0 aromatic rings. The summed E-state index contributed by atoms with van der Waals surface area (Å²) < 4.78 is 5.38. The first-order valence-electron chi connectivity index (χ1n) is 6.27. The number of aliphatic hydroxyl groups excluding tert-OH is 1. The molecule has 15 heavy (non-hydrogen) atoms. The lowest BCUT2D eigenvalue weighted by atomic mass is 9.92. The molecule has 1 N–H and O–H groups in total. The van der Waals surface area contributed by atoms with Crippen LogP contribution in [0.3, 0.4) is 0 Å². The molecular weight excluding hydrogens is 190 g/mol. The zero-order valence-corrected chi connectivity index (χ0v) is 10.1. The maximum atomic E-state index is 9.64. The van der Waals surface area contributed by atoms with Crippen molar-refractivity contribution in [3.8, 4) is 0 Å². The first-order valence-corrected chi connectivity index (χ1v) is 6.27. The fraction of sp³-hybridized carbons (Fsp3) is 1.00. The van der Waals surface area contributed by atoms with E-state index in [1.807, 2.05) is 6.92 Å². The minimum absolute atomic E-state index is 0.0788. The van der Waals surface area contributed by atoms with Crippen LogP contribution in [0.25, 0.3) is 0 Å². The summed E-state index contributed by atoms with van der Waals surface area (Å²) in [5.74, 6) is 0. The Morgan fingerprint density at radius 1 is 1.33 bits per heavy atom. The van der Waals surface area contributed by atoms with Crippen molar-refractivity contribution in [1.29, 1.82) is 0 Å². The van der Waals surface area contributed by atoms with Gasteiger partial charge >= 0.3 is 0 Å². The van der Waals surface area contributed by atoms with Crippen molar-refractivity contribution in [2.24, 2.45) is 0 Å². The second-order valence-electron chi connectivity index (χ2n) is 4.30. The van der Waals surface area contributed by atoms with Gasteiger partial charge in [0.25, 0.3) is 0 Å². The third-order valence-corrected chi connectivity index (χ3v) is 3.27. The van der Waals surface area contributed by atoms with Gasteiger partial charge in [-0.05, 0) is 39.2 Å². The average molecular weight is 215 g/mol. The summed E-state index contributed by atoms with van der Waals surface area (Å²) in [7, 11) is 0. The Balaban J connectivity index is 2.29. The van der Waals surface area contributed by atoms with Gasteiger partial charge in [0.1, 0.15) is 0 Å². The molecule has 90 valence electrons. The van der Waals surface area contributed by atoms with Crippen LogP contribution in [0.15, 0.2) is 0 Å². The van der Waals surface area contributed by atoms with Gasteiger partial charge in [-0.3, -0.25) is 4.90 Å². The van der Waals surface area contributed by atoms with Crippen LogP contribution >= 0.6 is 0 Å². The van der Waals surface area contributed by atoms with E-state index in [0.717, 1.165) is 45.6 Å². The number of hydrogen-bond acceptors (Lipinski definition) is 3. The van der Waals surface area contributed by atoms with Gasteiger partial charge in [-0.15, -0.1) is 0 Å². The van der Waals surface area contributed by atoms with Gasteiger partial charge in [-0.1, -0.05) is 6.92 Å². The summed E-state index contributed by atoms with van der Waals surface area (Å²) in [6, 6.07) is 0.569. The largest absolute Gasteiger partial charge is 0.393 e. The summed E-state index contributed by atoms with van der Waals surface area (Å²) in [4.78, 5) is 2.44. The van der Waals surface area contributed by atoms with E-state index in [4.69, 9.17) is 4.74 Å². The Hall–Kier alpha value is -0.120. The minimum Gasteiger partial charge on any atom is -0.393 e. The van der Waals surface area contributed by atoms with E-state index in [9.17, 15) is 5.11 Å². The molecule has 0 spiro atoms. The first kappa shape index (κ1) is 12.9. The Bertz CT molecular complexity index is 164. The lowest BCUT2D eigenvalue weighted by Crippen LogP contribution is -2.41. The highest BCUT2D eigenvalue weighted by Gasteiger charge is 2.24. The van der Waals surface area contributed by atoms with Gasteiger partial charge in [-0.2, -0.15) is 0 Å². The molecule has 0 saturated heterocycles. The van der Waals surface area contributed by atoms with Gasteiger partial charge in [-0.25, -0.2) is 0 Å². The maximum Gasteiger partial charge on any atom is 0.0593 e. The van der Waals surface area contributed by atoms with E-state index in [2.05, 4.69) is 11.8 Å². The number of hydrogen-bond donors (Lipinski definition) is 1. The zero-order chi connectivity index (χ0) is 11.1. The molecule has 1 aliphatic carbocycles. The molecule has 2 atom stereocenters. The molecule has 0 heterocycles. The van der Waals surface area contributed by atoms with Gasteiger partial charge < -0.3 is 9.84 Å². The third-order valence-electron chi connectivity index (χ3n) is 3.27. The summed E-state index contributed by atoms with van der Waals surface area (Å²) in [5, 5.41) is 9.64. The average Bonchev–Trinajstić information content (AvgIpc) is 2.24. The quantitative estimate of drug-likeness (QED) is 0.684. The fourth-order valence-corrected chi connectivity index (χ4v) is 2.40. The van der Waals surface area contributed by atoms with E-state index in [1.54, 1.807) is 0 Å². The smallest absolute Gasteiger partial charge is 0.0593 e. The molecule has 0 aromatic heterocycles. The molecular formula is C12H25NO2. The van der Waals surface area contributed by atoms with E-state index in [1.165, 1.54) is 6.42 Å². The summed E-state index contributed by atoms with van der Waals surface area (Å²) in [6.45, 7) is 7.89. The lowest BCUT2D eigenvalue weighted by Gasteiger charge is -2.35. The number of rotatable bonds is 6. The fourth-order valence-electron chi connectivity index (χ4n) is 2.40. The first-order chi connectivity index (χ1) is 7.27. The van der Waals surface area contributed by atoms with Crippen LogP contribution in [0.1, 0.15) is 39.5 Å². The van der Waals surface area contributed by atoms with E-state index in [-0.39, 0.29) is 6.10 Å². The van der Waals surface area contributed by atoms with Crippen molar-refractivity contribution >= 4 is 0 Å². The van der Waals surface area contributed by atoms with Crippen LogP contribution in [-0.4, -0.2) is 48.5 Å². The molecule has 0 amide bonds. The molecule has 3 heteroatoms. The Morgan fingerprint density at radius 3 is 2.73 bits per heavy atom. The monoisotopic (exact) mass is 215 g/mol. The van der Waals surface area contributed by atoms with Crippen molar-refractivity contribution in [2.45, 2.75) is 51.7 Å². The molecule has 0 aliphatic heterocycles. The van der Waals surface area contributed by atoms with Crippen LogP contribution in [0, 0.1) is 0 Å². The van der Waals surface area contributed by atoms with Crippen molar-refractivity contribution < 1.29 is 9.84 Å². The third kappa shape index (κ3) is 4.49. The van der Waals surface area contributed by atoms with Crippen LogP contribution in [0.5, 0.6) is 0 Å². The summed E-state index contributed by atoms with van der Waals surface area (Å²) >= 11 is 0. The normalized spacial score (nSPS) is 27.2. The van der Waals surface area contributed by atoms with Gasteiger partial charge in [0, 0.05) is 19.2 Å². The van der Waals surface area contributed by atoms with E-state index >= 15 is 0 Å². The predicted molar refractivity (Wildman–Crippen MR) is 62.0 cm³/mol. The van der Waals surface area contributed by atoms with Crippen LogP contribution in [0.2, 0.25) is 0 Å². The summed E-state index contributed by atoms with van der Waals surface area (Å²) in [5.41, 5.74) is 0. The van der Waals surface area contributed by atoms with Crippen molar-refractivity contribution in [3.63, 3.8) is 0 Å². The molecule has 3 nitrogen and oxygen atoms in total. The second-order valence-corrected chi connectivity index (χ2v) is 4.30. The van der Waals surface area contributed by atoms with Crippen molar-refractivity contribution in [2.75, 3.05) is 26.3 Å². The maximum absolute atomic E-state index is 9.64. The Morgan fingerprint density at radius 2 is 2.13 bits per heavy atom. The van der Waals surface area contributed by atoms with E-state index in [0.29, 0.717) is 6.04 Å². The predicted octanol–water partition coefficient (Wildman–Crippen LogP) is 1.65. The van der Waals surface area contributed by atoms with Gasteiger partial charge in [0.05, 0.1) is 12.7 Å². The molecule has 1 rings (SSSR count). The van der Waals surface area contributed by atoms with E-state index < -0.39 is 0 Å². The zero-order valence-electron chi connectivity index (χ0n) is 10.1. The van der Waals surface area contributed by atoms with Crippen molar-refractivity contribution in [1.82, 2.24) is 4.90 Å². The molecule has 1 aliphatic rings. The van der Waals surface area contributed by atoms with Crippen LogP contribution in [-0.2, 0) is 4.74 Å². The SMILES string of the molecule is CCOCCN(CC)C1CCCC(O)C1. The Labute approximate surface area is 93.4 Å². The highest BCUT2D eigenvalue weighted by Crippen LogP contribution is 2.22. The molecule has 1 fully saturated rings. The van der Waals surface area contributed by atoms with Gasteiger partial charge in [0.15, 0.2) is 0 Å². The molecule has 0 aromatic carbocycles. The van der Waals surface area contributed by atoms with Crippen molar-refractivity contribution in [3.05, 3.63) is 0 Å². The number of ether oxygens (including phenoxy) is 1. The van der Waals surface area contributed by atoms with Crippen LogP contribution < -0.4 is 0 Å². The highest BCUT2D eigenvalue weighted by atomic mass is 16.5. The second kappa shape index (κ2) is 7.20. The number of likely N-dealkylation sites (N-methyl/N-ethyl adjacent to an activating group) is 1. The molecule has 2 unspecified atom stereocenters.